The molecule has 0 atom stereocenters. The minimum atomic E-state index is 0.0503. The molecule has 33 heavy (non-hydrogen) atoms. The van der Waals surface area contributed by atoms with Gasteiger partial charge in [0.05, 0.1) is 29.4 Å². The first kappa shape index (κ1) is 21.1. The minimum Gasteiger partial charge on any atom is -0.352 e. The van der Waals surface area contributed by atoms with Crippen molar-refractivity contribution in [1.82, 2.24) is 34.4 Å². The van der Waals surface area contributed by atoms with E-state index in [1.54, 1.807) is 4.68 Å². The molecule has 5 rings (SSSR count). The topological polar surface area (TPSA) is 85.0 Å². The summed E-state index contributed by atoms with van der Waals surface area (Å²) in [7, 11) is 1.89. The number of fused-ring (bicyclic) bond motifs is 1. The number of anilines is 1. The van der Waals surface area contributed by atoms with Crippen molar-refractivity contribution in [1.29, 1.82) is 0 Å². The molecule has 1 fully saturated rings. The molecule has 9 nitrogen and oxygen atoms in total. The molecular weight excluding hydrogens is 416 g/mol. The zero-order chi connectivity index (χ0) is 23.1. The van der Waals surface area contributed by atoms with Crippen molar-refractivity contribution in [3.63, 3.8) is 0 Å². The molecule has 0 bridgehead atoms. The molecule has 9 heteroatoms. The van der Waals surface area contributed by atoms with Crippen molar-refractivity contribution in [2.24, 2.45) is 7.05 Å². The van der Waals surface area contributed by atoms with Crippen molar-refractivity contribution in [2.45, 2.75) is 27.3 Å². The first-order valence-electron chi connectivity index (χ1n) is 11.2. The largest absolute Gasteiger partial charge is 0.352 e. The fraction of sp³-hybridized carbons (Fsp3) is 0.375. The fourth-order valence-corrected chi connectivity index (χ4v) is 4.55. The summed E-state index contributed by atoms with van der Waals surface area (Å²) in [4.78, 5) is 26.8. The highest BCUT2D eigenvalue weighted by molar-refractivity contribution is 5.96. The Bertz CT molecular complexity index is 1320. The lowest BCUT2D eigenvalue weighted by molar-refractivity contribution is 0.0745. The number of amides is 1. The maximum atomic E-state index is 13.4. The van der Waals surface area contributed by atoms with E-state index in [1.165, 1.54) is 0 Å². The molecule has 0 N–H and O–H groups in total. The number of piperazine rings is 1. The Kier molecular flexibility index (Phi) is 5.32. The Hall–Kier alpha value is -3.75. The zero-order valence-corrected chi connectivity index (χ0v) is 19.5. The number of aryl methyl sites for hydroxylation is 3. The van der Waals surface area contributed by atoms with Crippen molar-refractivity contribution in [2.75, 3.05) is 31.1 Å². The molecule has 0 saturated carbocycles. The number of nitrogens with zero attached hydrogens (tertiary/aromatic N) is 8. The van der Waals surface area contributed by atoms with Crippen molar-refractivity contribution >= 4 is 22.8 Å². The summed E-state index contributed by atoms with van der Waals surface area (Å²) in [5.74, 6) is 1.66. The first-order chi connectivity index (χ1) is 15.9. The highest BCUT2D eigenvalue weighted by Crippen LogP contribution is 2.25. The number of hydrogen-bond acceptors (Lipinski definition) is 6. The summed E-state index contributed by atoms with van der Waals surface area (Å²) in [5, 5.41) is 9.94. The third-order valence-electron chi connectivity index (χ3n) is 6.32. The molecule has 170 valence electrons. The van der Waals surface area contributed by atoms with Gasteiger partial charge < -0.3 is 9.80 Å². The number of carbonyl (C=O) groups excluding carboxylic acids is 1. The lowest BCUT2D eigenvalue weighted by Crippen LogP contribution is -2.49. The van der Waals surface area contributed by atoms with Crippen LogP contribution < -0.4 is 4.90 Å². The monoisotopic (exact) mass is 444 g/mol. The molecule has 4 aromatic rings. The molecule has 0 unspecified atom stereocenters. The second kappa shape index (κ2) is 8.31. The molecule has 1 amide bonds. The van der Waals surface area contributed by atoms with Crippen molar-refractivity contribution in [3.8, 4) is 0 Å². The predicted octanol–water partition coefficient (Wildman–Crippen LogP) is 2.50. The normalized spacial score (nSPS) is 14.3. The first-order valence-corrected chi connectivity index (χ1v) is 11.2. The van der Waals surface area contributed by atoms with Gasteiger partial charge in [-0.1, -0.05) is 30.3 Å². The molecule has 1 saturated heterocycles. The van der Waals surface area contributed by atoms with Crippen LogP contribution in [0, 0.1) is 20.8 Å². The Morgan fingerprint density at radius 2 is 1.73 bits per heavy atom. The summed E-state index contributed by atoms with van der Waals surface area (Å²) in [6, 6.07) is 10.2. The van der Waals surface area contributed by atoms with Gasteiger partial charge in [-0.05, 0) is 26.3 Å². The summed E-state index contributed by atoms with van der Waals surface area (Å²) in [6.07, 6.45) is 1.81. The summed E-state index contributed by atoms with van der Waals surface area (Å²) in [6.45, 7) is 9.14. The van der Waals surface area contributed by atoms with Crippen LogP contribution in [-0.2, 0) is 13.6 Å². The number of carbonyl (C=O) groups is 1. The molecule has 0 spiro atoms. The van der Waals surface area contributed by atoms with E-state index in [2.05, 4.69) is 37.2 Å². The lowest BCUT2D eigenvalue weighted by Gasteiger charge is -2.35. The van der Waals surface area contributed by atoms with Crippen LogP contribution >= 0.6 is 0 Å². The van der Waals surface area contributed by atoms with E-state index in [-0.39, 0.29) is 5.91 Å². The van der Waals surface area contributed by atoms with E-state index in [4.69, 9.17) is 0 Å². The Balaban J connectivity index is 1.33. The van der Waals surface area contributed by atoms with Crippen LogP contribution in [-0.4, -0.2) is 66.5 Å². The maximum absolute atomic E-state index is 13.4. The molecule has 0 radical (unpaired) electrons. The average molecular weight is 445 g/mol. The maximum Gasteiger partial charge on any atom is 0.257 e. The molecule has 4 heterocycles. The van der Waals surface area contributed by atoms with E-state index >= 15 is 0 Å². The average Bonchev–Trinajstić information content (AvgIpc) is 3.32. The number of hydrogen-bond donors (Lipinski definition) is 0. The van der Waals surface area contributed by atoms with Crippen LogP contribution in [0.1, 0.15) is 33.1 Å². The molecular formula is C24H28N8O. The minimum absolute atomic E-state index is 0.0503. The van der Waals surface area contributed by atoms with Gasteiger partial charge in [0.25, 0.3) is 5.91 Å². The zero-order valence-electron chi connectivity index (χ0n) is 19.5. The van der Waals surface area contributed by atoms with Crippen LogP contribution in [0.5, 0.6) is 0 Å². The van der Waals surface area contributed by atoms with Gasteiger partial charge in [0.1, 0.15) is 11.6 Å². The van der Waals surface area contributed by atoms with Crippen LogP contribution in [0.4, 0.5) is 5.82 Å². The van der Waals surface area contributed by atoms with E-state index in [1.807, 2.05) is 61.8 Å². The predicted molar refractivity (Wildman–Crippen MR) is 126 cm³/mol. The number of aromatic nitrogens is 6. The standard InChI is InChI=1S/C24H28N8O/c1-16-21(17(2)32(28-16)15-19-8-6-5-7-9-19)24(33)31-12-10-30(11-13-31)23-20-14-25-29(4)22(20)26-18(3)27-23/h5-9,14H,10-13,15H2,1-4H3. The smallest absolute Gasteiger partial charge is 0.257 e. The molecule has 3 aromatic heterocycles. The van der Waals surface area contributed by atoms with E-state index in [0.717, 1.165) is 39.6 Å². The van der Waals surface area contributed by atoms with Crippen LogP contribution in [0.15, 0.2) is 36.5 Å². The summed E-state index contributed by atoms with van der Waals surface area (Å²) >= 11 is 0. The molecule has 1 aliphatic rings. The number of benzene rings is 1. The van der Waals surface area contributed by atoms with Gasteiger partial charge in [-0.2, -0.15) is 10.2 Å². The van der Waals surface area contributed by atoms with Gasteiger partial charge in [0.15, 0.2) is 5.65 Å². The fourth-order valence-electron chi connectivity index (χ4n) is 4.55. The Morgan fingerprint density at radius 1 is 1.00 bits per heavy atom. The molecule has 1 aliphatic heterocycles. The van der Waals surface area contributed by atoms with Gasteiger partial charge in [0.2, 0.25) is 0 Å². The SMILES string of the molecule is Cc1nc(N2CCN(C(=O)c3c(C)nn(Cc4ccccc4)c3C)CC2)c2cnn(C)c2n1. The van der Waals surface area contributed by atoms with Crippen LogP contribution in [0.2, 0.25) is 0 Å². The molecule has 1 aromatic carbocycles. The summed E-state index contributed by atoms with van der Waals surface area (Å²) < 4.78 is 3.70. The van der Waals surface area contributed by atoms with Gasteiger partial charge in [0, 0.05) is 38.9 Å². The molecule has 0 aliphatic carbocycles. The Labute approximate surface area is 192 Å². The van der Waals surface area contributed by atoms with Crippen LogP contribution in [0.25, 0.3) is 11.0 Å². The lowest BCUT2D eigenvalue weighted by atomic mass is 10.1. The second-order valence-electron chi connectivity index (χ2n) is 8.57. The van der Waals surface area contributed by atoms with E-state index < -0.39 is 0 Å². The van der Waals surface area contributed by atoms with Gasteiger partial charge in [-0.25, -0.2) is 9.97 Å². The Morgan fingerprint density at radius 3 is 2.45 bits per heavy atom. The van der Waals surface area contributed by atoms with Crippen molar-refractivity contribution in [3.05, 3.63) is 64.9 Å². The number of rotatable bonds is 4. The van der Waals surface area contributed by atoms with Gasteiger partial charge in [-0.15, -0.1) is 0 Å². The van der Waals surface area contributed by atoms with Crippen LogP contribution in [0.3, 0.4) is 0 Å². The second-order valence-corrected chi connectivity index (χ2v) is 8.57. The highest BCUT2D eigenvalue weighted by atomic mass is 16.2. The van der Waals surface area contributed by atoms with Crippen molar-refractivity contribution < 1.29 is 4.79 Å². The summed E-state index contributed by atoms with van der Waals surface area (Å²) in [5.41, 5.74) is 4.39. The van der Waals surface area contributed by atoms with E-state index in [9.17, 15) is 4.79 Å². The van der Waals surface area contributed by atoms with Gasteiger partial charge >= 0.3 is 0 Å². The highest BCUT2D eigenvalue weighted by Gasteiger charge is 2.28. The van der Waals surface area contributed by atoms with E-state index in [0.29, 0.717) is 38.3 Å². The third kappa shape index (κ3) is 3.83. The third-order valence-corrected chi connectivity index (χ3v) is 6.32. The quantitative estimate of drug-likeness (QED) is 0.481. The van der Waals surface area contributed by atoms with Gasteiger partial charge in [-0.3, -0.25) is 14.2 Å².